The third-order valence-corrected chi connectivity index (χ3v) is 2.79. The highest BCUT2D eigenvalue weighted by atomic mass is 16.3. The fraction of sp³-hybridized carbons (Fsp3) is 0.636. The molecule has 0 saturated carbocycles. The Morgan fingerprint density at radius 2 is 2.00 bits per heavy atom. The Morgan fingerprint density at radius 1 is 1.31 bits per heavy atom. The smallest absolute Gasteiger partial charge is 0.110 e. The molecule has 0 aliphatic carbocycles. The maximum Gasteiger partial charge on any atom is 0.110 e. The zero-order valence-electron chi connectivity index (χ0n) is 8.39. The molecule has 1 fully saturated rings. The summed E-state index contributed by atoms with van der Waals surface area (Å²) in [4.78, 5) is 0. The molecule has 0 bridgehead atoms. The highest BCUT2D eigenvalue weighted by Gasteiger charge is 2.20. The van der Waals surface area contributed by atoms with E-state index in [9.17, 15) is 0 Å². The van der Waals surface area contributed by atoms with E-state index in [2.05, 4.69) is 18.3 Å². The normalized spacial score (nSPS) is 19.2. The third-order valence-electron chi connectivity index (χ3n) is 2.79. The topological polar surface area (TPSA) is 25.2 Å². The minimum absolute atomic E-state index is 0.648. The van der Waals surface area contributed by atoms with Gasteiger partial charge in [-0.25, -0.2) is 0 Å². The van der Waals surface area contributed by atoms with Gasteiger partial charge < -0.3 is 9.73 Å². The lowest BCUT2D eigenvalue weighted by Gasteiger charge is -2.21. The average Bonchev–Trinajstić information content (AvgIpc) is 2.47. The van der Waals surface area contributed by atoms with Crippen molar-refractivity contribution in [1.82, 2.24) is 5.32 Å². The van der Waals surface area contributed by atoms with Crippen molar-refractivity contribution < 1.29 is 4.42 Å². The zero-order valence-corrected chi connectivity index (χ0v) is 8.39. The molecule has 1 saturated heterocycles. The molecule has 0 atom stereocenters. The Bertz CT molecular complexity index is 284. The van der Waals surface area contributed by atoms with Gasteiger partial charge in [-0.05, 0) is 51.4 Å². The van der Waals surface area contributed by atoms with Crippen LogP contribution in [-0.2, 0) is 0 Å². The maximum atomic E-state index is 5.73. The Hall–Kier alpha value is -0.760. The second-order valence-electron chi connectivity index (χ2n) is 3.93. The monoisotopic (exact) mass is 179 g/mol. The minimum atomic E-state index is 0.648. The summed E-state index contributed by atoms with van der Waals surface area (Å²) in [6.07, 6.45) is 2.43. The van der Waals surface area contributed by atoms with Crippen molar-refractivity contribution in [1.29, 1.82) is 0 Å². The van der Waals surface area contributed by atoms with Gasteiger partial charge in [-0.2, -0.15) is 0 Å². The van der Waals surface area contributed by atoms with Crippen molar-refractivity contribution >= 4 is 0 Å². The summed E-state index contributed by atoms with van der Waals surface area (Å²) < 4.78 is 5.73. The average molecular weight is 179 g/mol. The van der Waals surface area contributed by atoms with Crippen LogP contribution in [0.3, 0.4) is 0 Å². The van der Waals surface area contributed by atoms with Gasteiger partial charge in [0.1, 0.15) is 11.5 Å². The van der Waals surface area contributed by atoms with Crippen molar-refractivity contribution in [2.45, 2.75) is 32.6 Å². The largest absolute Gasteiger partial charge is 0.466 e. The van der Waals surface area contributed by atoms with Gasteiger partial charge in [0.15, 0.2) is 0 Å². The molecule has 0 spiro atoms. The Balaban J connectivity index is 2.18. The summed E-state index contributed by atoms with van der Waals surface area (Å²) >= 11 is 0. The molecular formula is C11H17NO. The van der Waals surface area contributed by atoms with E-state index in [-0.39, 0.29) is 0 Å². The van der Waals surface area contributed by atoms with Crippen molar-refractivity contribution in [3.63, 3.8) is 0 Å². The molecule has 2 nitrogen and oxygen atoms in total. The first-order valence-corrected chi connectivity index (χ1v) is 5.05. The number of piperidine rings is 1. The lowest BCUT2D eigenvalue weighted by Crippen LogP contribution is -2.26. The van der Waals surface area contributed by atoms with Crippen molar-refractivity contribution in [3.05, 3.63) is 23.2 Å². The minimum Gasteiger partial charge on any atom is -0.466 e. The van der Waals surface area contributed by atoms with Crippen LogP contribution in [-0.4, -0.2) is 13.1 Å². The van der Waals surface area contributed by atoms with Gasteiger partial charge in [-0.15, -0.1) is 0 Å². The maximum absolute atomic E-state index is 5.73. The second kappa shape index (κ2) is 3.54. The van der Waals surface area contributed by atoms with E-state index in [4.69, 9.17) is 4.42 Å². The number of furan rings is 1. The van der Waals surface area contributed by atoms with Gasteiger partial charge in [0.2, 0.25) is 0 Å². The first-order chi connectivity index (χ1) is 6.27. The zero-order chi connectivity index (χ0) is 9.26. The van der Waals surface area contributed by atoms with Crippen LogP contribution in [0.1, 0.15) is 35.8 Å². The Morgan fingerprint density at radius 3 is 2.54 bits per heavy atom. The summed E-state index contributed by atoms with van der Waals surface area (Å²) in [6, 6.07) is 2.14. The first kappa shape index (κ1) is 8.82. The highest BCUT2D eigenvalue weighted by molar-refractivity contribution is 5.23. The first-order valence-electron chi connectivity index (χ1n) is 5.05. The Kier molecular flexibility index (Phi) is 2.40. The third kappa shape index (κ3) is 1.78. The van der Waals surface area contributed by atoms with Gasteiger partial charge >= 0.3 is 0 Å². The SMILES string of the molecule is Cc1cc(C)c(C2CCNCC2)o1. The molecule has 1 aromatic rings. The summed E-state index contributed by atoms with van der Waals surface area (Å²) in [5.41, 5.74) is 1.32. The van der Waals surface area contributed by atoms with Gasteiger partial charge in [0.25, 0.3) is 0 Å². The van der Waals surface area contributed by atoms with Crippen molar-refractivity contribution in [3.8, 4) is 0 Å². The predicted molar refractivity (Wildman–Crippen MR) is 53.0 cm³/mol. The van der Waals surface area contributed by atoms with Crippen molar-refractivity contribution in [2.24, 2.45) is 0 Å². The molecular weight excluding hydrogens is 162 g/mol. The molecule has 1 aromatic heterocycles. The molecule has 1 aliphatic rings. The van der Waals surface area contributed by atoms with E-state index in [0.29, 0.717) is 5.92 Å². The second-order valence-corrected chi connectivity index (χ2v) is 3.93. The van der Waals surface area contributed by atoms with Crippen LogP contribution in [0.5, 0.6) is 0 Å². The van der Waals surface area contributed by atoms with E-state index in [1.165, 1.54) is 24.2 Å². The van der Waals surface area contributed by atoms with E-state index >= 15 is 0 Å². The summed E-state index contributed by atoms with van der Waals surface area (Å²) in [5.74, 6) is 2.92. The van der Waals surface area contributed by atoms with E-state index < -0.39 is 0 Å². The Labute approximate surface area is 79.3 Å². The molecule has 0 radical (unpaired) electrons. The molecule has 13 heavy (non-hydrogen) atoms. The lowest BCUT2D eigenvalue weighted by atomic mass is 9.93. The van der Waals surface area contributed by atoms with E-state index in [0.717, 1.165) is 18.8 Å². The molecule has 2 heteroatoms. The number of hydrogen-bond donors (Lipinski definition) is 1. The lowest BCUT2D eigenvalue weighted by molar-refractivity contribution is 0.375. The van der Waals surface area contributed by atoms with E-state index in [1.807, 2.05) is 6.92 Å². The molecule has 0 amide bonds. The van der Waals surface area contributed by atoms with Gasteiger partial charge in [-0.3, -0.25) is 0 Å². The fourth-order valence-corrected chi connectivity index (χ4v) is 2.15. The molecule has 2 rings (SSSR count). The van der Waals surface area contributed by atoms with Crippen molar-refractivity contribution in [2.75, 3.05) is 13.1 Å². The number of rotatable bonds is 1. The number of aryl methyl sites for hydroxylation is 2. The highest BCUT2D eigenvalue weighted by Crippen LogP contribution is 2.29. The standard InChI is InChI=1S/C11H17NO/c1-8-7-9(2)13-11(8)10-3-5-12-6-4-10/h7,10,12H,3-6H2,1-2H3. The molecule has 1 aliphatic heterocycles. The van der Waals surface area contributed by atoms with Gasteiger partial charge in [0, 0.05) is 5.92 Å². The van der Waals surface area contributed by atoms with Crippen LogP contribution in [0.25, 0.3) is 0 Å². The molecule has 1 N–H and O–H groups in total. The molecule has 2 heterocycles. The summed E-state index contributed by atoms with van der Waals surface area (Å²) in [5, 5.41) is 3.37. The fourth-order valence-electron chi connectivity index (χ4n) is 2.15. The summed E-state index contributed by atoms with van der Waals surface area (Å²) in [7, 11) is 0. The van der Waals surface area contributed by atoms with Crippen LogP contribution in [0.4, 0.5) is 0 Å². The molecule has 72 valence electrons. The quantitative estimate of drug-likeness (QED) is 0.716. The van der Waals surface area contributed by atoms with Crippen LogP contribution >= 0.6 is 0 Å². The number of hydrogen-bond acceptors (Lipinski definition) is 2. The molecule has 0 aromatic carbocycles. The van der Waals surface area contributed by atoms with Crippen LogP contribution in [0.2, 0.25) is 0 Å². The predicted octanol–water partition coefficient (Wildman–Crippen LogP) is 2.36. The van der Waals surface area contributed by atoms with Crippen LogP contribution < -0.4 is 5.32 Å². The van der Waals surface area contributed by atoms with E-state index in [1.54, 1.807) is 0 Å². The van der Waals surface area contributed by atoms with Crippen LogP contribution in [0, 0.1) is 13.8 Å². The molecule has 0 unspecified atom stereocenters. The van der Waals surface area contributed by atoms with Crippen LogP contribution in [0.15, 0.2) is 10.5 Å². The van der Waals surface area contributed by atoms with Gasteiger partial charge in [-0.1, -0.05) is 0 Å². The van der Waals surface area contributed by atoms with Gasteiger partial charge in [0.05, 0.1) is 0 Å². The number of nitrogens with one attached hydrogen (secondary N) is 1. The summed E-state index contributed by atoms with van der Waals surface area (Å²) in [6.45, 7) is 6.43.